The Morgan fingerprint density at radius 3 is 2.71 bits per heavy atom. The predicted octanol–water partition coefficient (Wildman–Crippen LogP) is 3.27. The summed E-state index contributed by atoms with van der Waals surface area (Å²) in [5.41, 5.74) is 7.76. The largest absolute Gasteiger partial charge is 0.384 e. The molecule has 0 aliphatic rings. The molecule has 0 saturated carbocycles. The van der Waals surface area contributed by atoms with Crippen LogP contribution in [0.5, 0.6) is 0 Å². The maximum Gasteiger partial charge on any atom is 0.140 e. The van der Waals surface area contributed by atoms with E-state index in [1.807, 2.05) is 36.7 Å². The van der Waals surface area contributed by atoms with Crippen LogP contribution >= 0.6 is 24.8 Å². The van der Waals surface area contributed by atoms with E-state index < -0.39 is 0 Å². The fourth-order valence-electron chi connectivity index (χ4n) is 2.29. The van der Waals surface area contributed by atoms with Crippen molar-refractivity contribution in [3.63, 3.8) is 0 Å². The molecule has 0 unspecified atom stereocenters. The first kappa shape index (κ1) is 19.7. The summed E-state index contributed by atoms with van der Waals surface area (Å²) < 4.78 is 2.12. The van der Waals surface area contributed by atoms with Crippen LogP contribution in [0.4, 0.5) is 11.5 Å². The summed E-state index contributed by atoms with van der Waals surface area (Å²) in [6.45, 7) is 1.76. The summed E-state index contributed by atoms with van der Waals surface area (Å²) in [6, 6.07) is 7.69. The Morgan fingerprint density at radius 1 is 1.08 bits per heavy atom. The maximum absolute atomic E-state index is 5.74. The number of pyridine rings is 2. The van der Waals surface area contributed by atoms with E-state index in [4.69, 9.17) is 5.73 Å². The highest BCUT2D eigenvalue weighted by atomic mass is 35.5. The summed E-state index contributed by atoms with van der Waals surface area (Å²) >= 11 is 0. The average Bonchev–Trinajstić information content (AvgIpc) is 3.01. The van der Waals surface area contributed by atoms with Gasteiger partial charge in [0.05, 0.1) is 5.69 Å². The maximum atomic E-state index is 5.74. The number of nitrogens with zero attached hydrogens (tertiary/aromatic N) is 4. The summed E-state index contributed by atoms with van der Waals surface area (Å²) in [5.74, 6) is 1.42. The van der Waals surface area contributed by atoms with Crippen molar-refractivity contribution in [1.29, 1.82) is 0 Å². The van der Waals surface area contributed by atoms with Crippen molar-refractivity contribution < 1.29 is 0 Å². The Morgan fingerprint density at radius 2 is 1.96 bits per heavy atom. The smallest absolute Gasteiger partial charge is 0.140 e. The molecule has 0 radical (unpaired) electrons. The zero-order valence-electron chi connectivity index (χ0n) is 13.0. The number of nitrogens with two attached hydrogens (primary N) is 1. The molecule has 0 aliphatic heterocycles. The molecular weight excluding hydrogens is 347 g/mol. The van der Waals surface area contributed by atoms with Crippen LogP contribution in [-0.2, 0) is 6.54 Å². The lowest BCUT2D eigenvalue weighted by Gasteiger charge is -2.09. The Bertz CT molecular complexity index is 732. The van der Waals surface area contributed by atoms with Crippen molar-refractivity contribution in [3.8, 4) is 11.4 Å². The predicted molar refractivity (Wildman–Crippen MR) is 102 cm³/mol. The van der Waals surface area contributed by atoms with Crippen LogP contribution in [0, 0.1) is 0 Å². The fraction of sp³-hybridized carbons (Fsp3) is 0.188. The third kappa shape index (κ3) is 5.11. The van der Waals surface area contributed by atoms with Gasteiger partial charge >= 0.3 is 0 Å². The van der Waals surface area contributed by atoms with Gasteiger partial charge in [0.25, 0.3) is 0 Å². The van der Waals surface area contributed by atoms with E-state index >= 15 is 0 Å². The molecule has 6 nitrogen and oxygen atoms in total. The molecule has 3 N–H and O–H groups in total. The van der Waals surface area contributed by atoms with E-state index in [2.05, 4.69) is 24.8 Å². The molecule has 128 valence electrons. The Kier molecular flexibility index (Phi) is 8.01. The molecule has 3 aromatic rings. The number of halogens is 2. The molecular formula is C16H20Cl2N6. The minimum Gasteiger partial charge on any atom is -0.384 e. The normalized spacial score (nSPS) is 9.67. The molecule has 0 atom stereocenters. The molecule has 0 saturated heterocycles. The zero-order chi connectivity index (χ0) is 15.2. The van der Waals surface area contributed by atoms with Gasteiger partial charge in [-0.3, -0.25) is 4.98 Å². The number of imidazole rings is 1. The van der Waals surface area contributed by atoms with Gasteiger partial charge in [-0.2, -0.15) is 0 Å². The molecule has 3 rings (SSSR count). The molecule has 0 bridgehead atoms. The molecule has 0 aliphatic carbocycles. The molecule has 24 heavy (non-hydrogen) atoms. The molecule has 0 aromatic carbocycles. The number of anilines is 2. The second kappa shape index (κ2) is 9.75. The number of nitrogen functional groups attached to an aromatic ring is 1. The van der Waals surface area contributed by atoms with E-state index in [-0.39, 0.29) is 24.8 Å². The summed E-state index contributed by atoms with van der Waals surface area (Å²) in [7, 11) is 0. The van der Waals surface area contributed by atoms with E-state index in [1.54, 1.807) is 18.6 Å². The lowest BCUT2D eigenvalue weighted by molar-refractivity contribution is 0.667. The second-order valence-corrected chi connectivity index (χ2v) is 4.94. The molecule has 0 spiro atoms. The minimum atomic E-state index is 0. The van der Waals surface area contributed by atoms with Crippen molar-refractivity contribution in [2.75, 3.05) is 17.6 Å². The third-order valence-electron chi connectivity index (χ3n) is 3.32. The van der Waals surface area contributed by atoms with E-state index in [1.165, 1.54) is 0 Å². The van der Waals surface area contributed by atoms with Gasteiger partial charge in [-0.25, -0.2) is 9.97 Å². The van der Waals surface area contributed by atoms with Crippen LogP contribution in [0.15, 0.2) is 55.2 Å². The van der Waals surface area contributed by atoms with Crippen LogP contribution in [0.25, 0.3) is 11.4 Å². The van der Waals surface area contributed by atoms with Gasteiger partial charge in [0.1, 0.15) is 11.6 Å². The van der Waals surface area contributed by atoms with Crippen LogP contribution < -0.4 is 11.1 Å². The monoisotopic (exact) mass is 366 g/mol. The van der Waals surface area contributed by atoms with Crippen LogP contribution in [0.3, 0.4) is 0 Å². The fourth-order valence-corrected chi connectivity index (χ4v) is 2.29. The van der Waals surface area contributed by atoms with Gasteiger partial charge < -0.3 is 15.6 Å². The number of aromatic nitrogens is 4. The minimum absolute atomic E-state index is 0. The van der Waals surface area contributed by atoms with Crippen molar-refractivity contribution in [2.24, 2.45) is 0 Å². The quantitative estimate of drug-likeness (QED) is 0.654. The van der Waals surface area contributed by atoms with Gasteiger partial charge in [0, 0.05) is 49.6 Å². The van der Waals surface area contributed by atoms with Crippen LogP contribution in [-0.4, -0.2) is 26.1 Å². The highest BCUT2D eigenvalue weighted by molar-refractivity contribution is 5.85. The van der Waals surface area contributed by atoms with E-state index in [0.29, 0.717) is 5.82 Å². The van der Waals surface area contributed by atoms with Crippen LogP contribution in [0.1, 0.15) is 6.42 Å². The lowest BCUT2D eigenvalue weighted by atomic mass is 10.2. The first-order chi connectivity index (χ1) is 10.8. The van der Waals surface area contributed by atoms with Crippen LogP contribution in [0.2, 0.25) is 0 Å². The SMILES string of the molecule is Cl.Cl.Nc1cc(-c2nccn2CCCNc2cccnc2)ccn1. The van der Waals surface area contributed by atoms with Gasteiger partial charge in [-0.1, -0.05) is 0 Å². The lowest BCUT2D eigenvalue weighted by Crippen LogP contribution is -2.07. The van der Waals surface area contributed by atoms with Crippen molar-refractivity contribution >= 4 is 36.3 Å². The summed E-state index contributed by atoms with van der Waals surface area (Å²) in [4.78, 5) is 12.5. The number of nitrogens with one attached hydrogen (secondary N) is 1. The standard InChI is InChI=1S/C16H18N6.2ClH/c17-15-11-13(4-7-20-15)16-21-8-10-22(16)9-2-6-19-14-3-1-5-18-12-14;;/h1,3-5,7-8,10-12,19H,2,6,9H2,(H2,17,20);2*1H. The topological polar surface area (TPSA) is 81.6 Å². The van der Waals surface area contributed by atoms with Gasteiger partial charge in [-0.05, 0) is 30.7 Å². The molecule has 3 heterocycles. The number of aryl methyl sites for hydroxylation is 1. The van der Waals surface area contributed by atoms with Crippen molar-refractivity contribution in [1.82, 2.24) is 19.5 Å². The van der Waals surface area contributed by atoms with Gasteiger partial charge in [-0.15, -0.1) is 24.8 Å². The van der Waals surface area contributed by atoms with E-state index in [9.17, 15) is 0 Å². The van der Waals surface area contributed by atoms with Crippen molar-refractivity contribution in [3.05, 3.63) is 55.2 Å². The Balaban J connectivity index is 0.00000144. The molecule has 8 heteroatoms. The number of hydrogen-bond acceptors (Lipinski definition) is 5. The second-order valence-electron chi connectivity index (χ2n) is 4.94. The Hall–Kier alpha value is -2.31. The summed E-state index contributed by atoms with van der Waals surface area (Å²) in [6.07, 6.45) is 10.1. The van der Waals surface area contributed by atoms with E-state index in [0.717, 1.165) is 36.6 Å². The first-order valence-corrected chi connectivity index (χ1v) is 7.20. The summed E-state index contributed by atoms with van der Waals surface area (Å²) in [5, 5.41) is 3.35. The highest BCUT2D eigenvalue weighted by Crippen LogP contribution is 2.18. The molecule has 0 amide bonds. The average molecular weight is 367 g/mol. The number of hydrogen-bond donors (Lipinski definition) is 2. The van der Waals surface area contributed by atoms with Crippen molar-refractivity contribution in [2.45, 2.75) is 13.0 Å². The molecule has 0 fully saturated rings. The zero-order valence-corrected chi connectivity index (χ0v) is 14.6. The molecule has 3 aromatic heterocycles. The van der Waals surface area contributed by atoms with Gasteiger partial charge in [0.2, 0.25) is 0 Å². The number of rotatable bonds is 6. The first-order valence-electron chi connectivity index (χ1n) is 7.20. The third-order valence-corrected chi connectivity index (χ3v) is 3.32. The Labute approximate surface area is 153 Å². The highest BCUT2D eigenvalue weighted by Gasteiger charge is 2.06. The van der Waals surface area contributed by atoms with Gasteiger partial charge in [0.15, 0.2) is 0 Å².